The maximum absolute atomic E-state index is 12.5. The van der Waals surface area contributed by atoms with E-state index in [0.29, 0.717) is 6.54 Å². The molecule has 0 unspecified atom stereocenters. The summed E-state index contributed by atoms with van der Waals surface area (Å²) in [5.41, 5.74) is 4.16. The fourth-order valence-electron chi connectivity index (χ4n) is 3.76. The minimum Gasteiger partial charge on any atom is -0.354 e. The number of aromatic nitrogens is 1. The van der Waals surface area contributed by atoms with Crippen LogP contribution in [0.1, 0.15) is 11.1 Å². The number of benzene rings is 2. The van der Waals surface area contributed by atoms with Gasteiger partial charge in [-0.1, -0.05) is 36.4 Å². The molecule has 1 fully saturated rings. The number of carbonyl (C=O) groups is 1. The number of rotatable bonds is 4. The van der Waals surface area contributed by atoms with Gasteiger partial charge in [-0.25, -0.2) is 4.98 Å². The van der Waals surface area contributed by atoms with Crippen LogP contribution in [-0.2, 0) is 4.79 Å². The summed E-state index contributed by atoms with van der Waals surface area (Å²) in [5, 5.41) is 4.24. The molecule has 0 radical (unpaired) electrons. The number of pyridine rings is 1. The Kier molecular flexibility index (Phi) is 5.26. The first-order valence-corrected chi connectivity index (χ1v) is 9.79. The molecule has 1 aliphatic rings. The van der Waals surface area contributed by atoms with Crippen LogP contribution < -0.4 is 10.2 Å². The van der Waals surface area contributed by atoms with Crippen molar-refractivity contribution in [3.63, 3.8) is 0 Å². The Hall–Kier alpha value is -2.92. The Morgan fingerprint density at radius 3 is 2.39 bits per heavy atom. The summed E-state index contributed by atoms with van der Waals surface area (Å²) in [6.45, 7) is 7.94. The van der Waals surface area contributed by atoms with Gasteiger partial charge in [-0.3, -0.25) is 9.69 Å². The number of nitrogens with zero attached hydrogens (tertiary/aromatic N) is 3. The van der Waals surface area contributed by atoms with Crippen molar-refractivity contribution >= 4 is 28.3 Å². The number of anilines is 2. The molecule has 0 aliphatic carbocycles. The molecule has 1 N–H and O–H groups in total. The van der Waals surface area contributed by atoms with Crippen LogP contribution in [0.4, 0.5) is 11.5 Å². The van der Waals surface area contributed by atoms with Crippen LogP contribution >= 0.6 is 0 Å². The number of amides is 1. The van der Waals surface area contributed by atoms with Gasteiger partial charge in [0.2, 0.25) is 5.91 Å². The number of piperazine rings is 1. The summed E-state index contributed by atoms with van der Waals surface area (Å²) < 4.78 is 0. The van der Waals surface area contributed by atoms with Gasteiger partial charge in [0.05, 0.1) is 12.1 Å². The van der Waals surface area contributed by atoms with E-state index in [-0.39, 0.29) is 5.91 Å². The molecule has 4 rings (SSSR count). The molecule has 0 bridgehead atoms. The summed E-state index contributed by atoms with van der Waals surface area (Å²) in [6, 6.07) is 18.5. The van der Waals surface area contributed by atoms with Gasteiger partial charge in [0, 0.05) is 37.3 Å². The third-order valence-electron chi connectivity index (χ3n) is 5.39. The fraction of sp³-hybridized carbons (Fsp3) is 0.304. The van der Waals surface area contributed by atoms with Crippen LogP contribution in [-0.4, -0.2) is 48.5 Å². The summed E-state index contributed by atoms with van der Waals surface area (Å²) >= 11 is 0. The number of fused-ring (bicyclic) bond motifs is 1. The van der Waals surface area contributed by atoms with E-state index in [2.05, 4.69) is 33.3 Å². The van der Waals surface area contributed by atoms with Gasteiger partial charge < -0.3 is 10.2 Å². The van der Waals surface area contributed by atoms with Crippen molar-refractivity contribution < 1.29 is 4.79 Å². The predicted octanol–water partition coefficient (Wildman–Crippen LogP) is 3.61. The quantitative estimate of drug-likeness (QED) is 0.758. The van der Waals surface area contributed by atoms with Gasteiger partial charge in [0.25, 0.3) is 0 Å². The van der Waals surface area contributed by atoms with Crippen LogP contribution in [0.2, 0.25) is 0 Å². The summed E-state index contributed by atoms with van der Waals surface area (Å²) in [6.07, 6.45) is 0. The molecular formula is C23H26N4O. The maximum Gasteiger partial charge on any atom is 0.238 e. The zero-order chi connectivity index (χ0) is 19.5. The highest BCUT2D eigenvalue weighted by atomic mass is 16.2. The topological polar surface area (TPSA) is 48.5 Å². The lowest BCUT2D eigenvalue weighted by Crippen LogP contribution is -2.49. The van der Waals surface area contributed by atoms with E-state index in [4.69, 9.17) is 4.98 Å². The van der Waals surface area contributed by atoms with Gasteiger partial charge in [-0.15, -0.1) is 0 Å². The Morgan fingerprint density at radius 2 is 1.64 bits per heavy atom. The lowest BCUT2D eigenvalue weighted by Gasteiger charge is -2.35. The number of aryl methyl sites for hydroxylation is 2. The standard InChI is InChI=1S/C23H26N4O/c1-17-6-5-7-18(2)23(17)25-22(28)16-26-12-14-27(15-13-26)21-11-10-19-8-3-4-9-20(19)24-21/h3-11H,12-16H2,1-2H3,(H,25,28). The Morgan fingerprint density at radius 1 is 0.929 bits per heavy atom. The molecule has 1 amide bonds. The lowest BCUT2D eigenvalue weighted by atomic mass is 10.1. The third kappa shape index (κ3) is 3.99. The largest absolute Gasteiger partial charge is 0.354 e. The summed E-state index contributed by atoms with van der Waals surface area (Å²) in [4.78, 5) is 21.8. The monoisotopic (exact) mass is 374 g/mol. The van der Waals surface area contributed by atoms with Crippen LogP contribution in [0.3, 0.4) is 0 Å². The first-order chi connectivity index (χ1) is 13.6. The molecule has 28 heavy (non-hydrogen) atoms. The molecule has 2 heterocycles. The molecular weight excluding hydrogens is 348 g/mol. The normalized spacial score (nSPS) is 15.0. The van der Waals surface area contributed by atoms with Crippen molar-refractivity contribution in [1.82, 2.24) is 9.88 Å². The van der Waals surface area contributed by atoms with E-state index in [1.54, 1.807) is 0 Å². The Labute approximate surface area is 166 Å². The average molecular weight is 374 g/mol. The Bertz CT molecular complexity index is 973. The number of hydrogen-bond acceptors (Lipinski definition) is 4. The highest BCUT2D eigenvalue weighted by Gasteiger charge is 2.20. The van der Waals surface area contributed by atoms with Gasteiger partial charge in [0.1, 0.15) is 5.82 Å². The molecule has 1 saturated heterocycles. The van der Waals surface area contributed by atoms with Crippen LogP contribution in [0.25, 0.3) is 10.9 Å². The van der Waals surface area contributed by atoms with Gasteiger partial charge in [-0.05, 0) is 43.2 Å². The van der Waals surface area contributed by atoms with E-state index in [1.807, 2.05) is 50.2 Å². The van der Waals surface area contributed by atoms with Crippen LogP contribution in [0, 0.1) is 13.8 Å². The molecule has 0 saturated carbocycles. The second-order valence-electron chi connectivity index (χ2n) is 7.44. The van der Waals surface area contributed by atoms with E-state index in [9.17, 15) is 4.79 Å². The Balaban J connectivity index is 1.34. The van der Waals surface area contributed by atoms with Crippen molar-refractivity contribution in [3.05, 3.63) is 65.7 Å². The van der Waals surface area contributed by atoms with Crippen molar-refractivity contribution in [3.8, 4) is 0 Å². The van der Waals surface area contributed by atoms with Crippen molar-refractivity contribution in [2.24, 2.45) is 0 Å². The van der Waals surface area contributed by atoms with E-state index in [0.717, 1.165) is 59.7 Å². The van der Waals surface area contributed by atoms with Crippen LogP contribution in [0.5, 0.6) is 0 Å². The van der Waals surface area contributed by atoms with Gasteiger partial charge in [-0.2, -0.15) is 0 Å². The molecule has 0 spiro atoms. The van der Waals surface area contributed by atoms with Crippen LogP contribution in [0.15, 0.2) is 54.6 Å². The molecule has 5 heteroatoms. The molecule has 144 valence electrons. The zero-order valence-electron chi connectivity index (χ0n) is 16.5. The lowest BCUT2D eigenvalue weighted by molar-refractivity contribution is -0.117. The number of hydrogen-bond donors (Lipinski definition) is 1. The number of nitrogens with one attached hydrogen (secondary N) is 1. The molecule has 1 aromatic heterocycles. The minimum absolute atomic E-state index is 0.0506. The fourth-order valence-corrected chi connectivity index (χ4v) is 3.76. The van der Waals surface area contributed by atoms with Gasteiger partial charge in [0.15, 0.2) is 0 Å². The van der Waals surface area contributed by atoms with Crippen molar-refractivity contribution in [2.45, 2.75) is 13.8 Å². The number of carbonyl (C=O) groups excluding carboxylic acids is 1. The van der Waals surface area contributed by atoms with Crippen molar-refractivity contribution in [1.29, 1.82) is 0 Å². The average Bonchev–Trinajstić information content (AvgIpc) is 2.71. The highest BCUT2D eigenvalue weighted by Crippen LogP contribution is 2.21. The summed E-state index contributed by atoms with van der Waals surface area (Å²) in [5.74, 6) is 1.06. The molecule has 1 aliphatic heterocycles. The molecule has 5 nitrogen and oxygen atoms in total. The molecule has 0 atom stereocenters. The smallest absolute Gasteiger partial charge is 0.238 e. The highest BCUT2D eigenvalue weighted by molar-refractivity contribution is 5.93. The predicted molar refractivity (Wildman–Crippen MR) is 115 cm³/mol. The first-order valence-electron chi connectivity index (χ1n) is 9.79. The third-order valence-corrected chi connectivity index (χ3v) is 5.39. The van der Waals surface area contributed by atoms with E-state index >= 15 is 0 Å². The van der Waals surface area contributed by atoms with Crippen molar-refractivity contribution in [2.75, 3.05) is 42.9 Å². The second-order valence-corrected chi connectivity index (χ2v) is 7.44. The zero-order valence-corrected chi connectivity index (χ0v) is 16.5. The van der Waals surface area contributed by atoms with E-state index in [1.165, 1.54) is 0 Å². The molecule has 3 aromatic rings. The molecule has 2 aromatic carbocycles. The van der Waals surface area contributed by atoms with E-state index < -0.39 is 0 Å². The second kappa shape index (κ2) is 7.98. The first kappa shape index (κ1) is 18.4. The number of para-hydroxylation sites is 2. The maximum atomic E-state index is 12.5. The minimum atomic E-state index is 0.0506. The SMILES string of the molecule is Cc1cccc(C)c1NC(=O)CN1CCN(c2ccc3ccccc3n2)CC1. The van der Waals surface area contributed by atoms with Gasteiger partial charge >= 0.3 is 0 Å². The summed E-state index contributed by atoms with van der Waals surface area (Å²) in [7, 11) is 0.